The van der Waals surface area contributed by atoms with Crippen molar-refractivity contribution in [1.82, 2.24) is 14.7 Å². The molecule has 0 spiro atoms. The van der Waals surface area contributed by atoms with Crippen LogP contribution in [-0.2, 0) is 9.59 Å². The molecule has 0 saturated carbocycles. The van der Waals surface area contributed by atoms with Crippen LogP contribution in [0.1, 0.15) is 39.5 Å². The van der Waals surface area contributed by atoms with Crippen molar-refractivity contribution in [1.29, 1.82) is 0 Å². The maximum atomic E-state index is 12.7. The molecule has 5 heteroatoms. The number of likely N-dealkylation sites (tertiary alicyclic amines) is 2. The highest BCUT2D eigenvalue weighted by Gasteiger charge is 2.38. The second kappa shape index (κ2) is 7.04. The lowest BCUT2D eigenvalue weighted by Crippen LogP contribution is -2.42. The number of likely N-dealkylation sites (N-methyl/N-ethyl adjacent to an activating group) is 1. The fourth-order valence-electron chi connectivity index (χ4n) is 4.24. The molecular formula is C18H29N3O2. The quantitative estimate of drug-likeness (QED) is 0.738. The Kier molecular flexibility index (Phi) is 5.05. The van der Waals surface area contributed by atoms with Crippen molar-refractivity contribution in [3.63, 3.8) is 0 Å². The molecule has 128 valence electrons. The van der Waals surface area contributed by atoms with Gasteiger partial charge in [-0.05, 0) is 39.3 Å². The molecule has 5 nitrogen and oxygen atoms in total. The van der Waals surface area contributed by atoms with Gasteiger partial charge in [-0.25, -0.2) is 0 Å². The maximum Gasteiger partial charge on any atom is 0.228 e. The molecule has 0 aromatic heterocycles. The molecule has 0 bridgehead atoms. The van der Waals surface area contributed by atoms with Gasteiger partial charge in [-0.3, -0.25) is 14.5 Å². The zero-order valence-electron chi connectivity index (χ0n) is 14.5. The second-order valence-corrected chi connectivity index (χ2v) is 7.22. The molecule has 0 aliphatic carbocycles. The van der Waals surface area contributed by atoms with E-state index in [1.807, 2.05) is 9.80 Å². The fraction of sp³-hybridized carbons (Fsp3) is 0.778. The van der Waals surface area contributed by atoms with E-state index < -0.39 is 0 Å². The summed E-state index contributed by atoms with van der Waals surface area (Å²) in [5, 5.41) is 0. The van der Waals surface area contributed by atoms with Crippen LogP contribution in [0.25, 0.3) is 0 Å². The highest BCUT2D eigenvalue weighted by atomic mass is 16.2. The van der Waals surface area contributed by atoms with Gasteiger partial charge in [0.05, 0.1) is 5.92 Å². The molecule has 2 amide bonds. The van der Waals surface area contributed by atoms with Crippen molar-refractivity contribution in [3.8, 4) is 0 Å². The summed E-state index contributed by atoms with van der Waals surface area (Å²) in [7, 11) is 0. The lowest BCUT2D eigenvalue weighted by molar-refractivity contribution is -0.135. The number of amides is 2. The van der Waals surface area contributed by atoms with E-state index >= 15 is 0 Å². The van der Waals surface area contributed by atoms with Gasteiger partial charge in [-0.2, -0.15) is 0 Å². The van der Waals surface area contributed by atoms with Crippen LogP contribution in [0.15, 0.2) is 11.6 Å². The van der Waals surface area contributed by atoms with E-state index in [0.29, 0.717) is 19.0 Å². The lowest BCUT2D eigenvalue weighted by Gasteiger charge is -2.29. The summed E-state index contributed by atoms with van der Waals surface area (Å²) in [5.74, 6) is 0.201. The molecule has 0 aromatic carbocycles. The first-order chi connectivity index (χ1) is 11.1. The zero-order chi connectivity index (χ0) is 16.4. The molecule has 2 fully saturated rings. The van der Waals surface area contributed by atoms with Gasteiger partial charge in [0, 0.05) is 38.6 Å². The van der Waals surface area contributed by atoms with E-state index in [-0.39, 0.29) is 17.7 Å². The molecule has 23 heavy (non-hydrogen) atoms. The summed E-state index contributed by atoms with van der Waals surface area (Å²) in [4.78, 5) is 31.4. The van der Waals surface area contributed by atoms with E-state index in [4.69, 9.17) is 0 Å². The number of nitrogens with zero attached hydrogens (tertiary/aromatic N) is 3. The van der Waals surface area contributed by atoms with Crippen LogP contribution in [0.4, 0.5) is 0 Å². The van der Waals surface area contributed by atoms with Crippen LogP contribution in [0, 0.1) is 5.92 Å². The topological polar surface area (TPSA) is 43.9 Å². The second-order valence-electron chi connectivity index (χ2n) is 7.22. The highest BCUT2D eigenvalue weighted by molar-refractivity contribution is 5.89. The minimum atomic E-state index is -0.134. The Morgan fingerprint density at radius 1 is 1.35 bits per heavy atom. The van der Waals surface area contributed by atoms with Gasteiger partial charge in [-0.15, -0.1) is 0 Å². The SMILES string of the molecule is CCN1CCC[C@H]1CN1C[C@H](C(=O)N2CCC=C(C)C2)CC1=O. The van der Waals surface area contributed by atoms with E-state index in [0.717, 1.165) is 39.1 Å². The van der Waals surface area contributed by atoms with Crippen molar-refractivity contribution in [3.05, 3.63) is 11.6 Å². The van der Waals surface area contributed by atoms with Gasteiger partial charge in [0.2, 0.25) is 11.8 Å². The number of hydrogen-bond acceptors (Lipinski definition) is 3. The number of hydrogen-bond donors (Lipinski definition) is 0. The first-order valence-electron chi connectivity index (χ1n) is 9.04. The van der Waals surface area contributed by atoms with Gasteiger partial charge in [0.25, 0.3) is 0 Å². The molecule has 0 aromatic rings. The molecule has 2 saturated heterocycles. The van der Waals surface area contributed by atoms with E-state index in [1.54, 1.807) is 0 Å². The summed E-state index contributed by atoms with van der Waals surface area (Å²) in [6.07, 6.45) is 5.94. The molecular weight excluding hydrogens is 290 g/mol. The maximum absolute atomic E-state index is 12.7. The number of carbonyl (C=O) groups is 2. The average Bonchev–Trinajstić information content (AvgIpc) is 3.14. The van der Waals surface area contributed by atoms with Crippen LogP contribution in [0.2, 0.25) is 0 Å². The summed E-state index contributed by atoms with van der Waals surface area (Å²) < 4.78 is 0. The monoisotopic (exact) mass is 319 g/mol. The average molecular weight is 319 g/mol. The lowest BCUT2D eigenvalue weighted by atomic mass is 10.0. The molecule has 2 atom stereocenters. The molecule has 3 heterocycles. The fourth-order valence-corrected chi connectivity index (χ4v) is 4.24. The van der Waals surface area contributed by atoms with Crippen molar-refractivity contribution in [2.75, 3.05) is 39.3 Å². The molecule has 3 aliphatic rings. The van der Waals surface area contributed by atoms with E-state index in [2.05, 4.69) is 24.8 Å². The Morgan fingerprint density at radius 3 is 2.91 bits per heavy atom. The minimum Gasteiger partial charge on any atom is -0.340 e. The van der Waals surface area contributed by atoms with E-state index in [1.165, 1.54) is 18.4 Å². The van der Waals surface area contributed by atoms with Crippen LogP contribution in [0.5, 0.6) is 0 Å². The summed E-state index contributed by atoms with van der Waals surface area (Å²) in [6, 6.07) is 0.484. The molecule has 0 unspecified atom stereocenters. The predicted octanol–water partition coefficient (Wildman–Crippen LogP) is 1.50. The Bertz CT molecular complexity index is 502. The minimum absolute atomic E-state index is 0.134. The predicted molar refractivity (Wildman–Crippen MR) is 89.9 cm³/mol. The summed E-state index contributed by atoms with van der Waals surface area (Å²) in [6.45, 7) is 9.40. The molecule has 0 radical (unpaired) electrons. The number of carbonyl (C=O) groups excluding carboxylic acids is 2. The van der Waals surface area contributed by atoms with Crippen molar-refractivity contribution in [2.24, 2.45) is 5.92 Å². The molecule has 0 N–H and O–H groups in total. The van der Waals surface area contributed by atoms with Gasteiger partial charge >= 0.3 is 0 Å². The largest absolute Gasteiger partial charge is 0.340 e. The Labute approximate surface area is 139 Å². The zero-order valence-corrected chi connectivity index (χ0v) is 14.5. The van der Waals surface area contributed by atoms with Gasteiger partial charge < -0.3 is 9.80 Å². The van der Waals surface area contributed by atoms with Gasteiger partial charge in [0.1, 0.15) is 0 Å². The Morgan fingerprint density at radius 2 is 2.17 bits per heavy atom. The Hall–Kier alpha value is -1.36. The normalized spacial score (nSPS) is 29.3. The van der Waals surface area contributed by atoms with Crippen molar-refractivity contribution >= 4 is 11.8 Å². The van der Waals surface area contributed by atoms with Crippen LogP contribution in [-0.4, -0.2) is 71.8 Å². The summed E-state index contributed by atoms with van der Waals surface area (Å²) in [5.41, 5.74) is 1.26. The van der Waals surface area contributed by atoms with Crippen molar-refractivity contribution in [2.45, 2.75) is 45.6 Å². The van der Waals surface area contributed by atoms with Crippen LogP contribution < -0.4 is 0 Å². The number of rotatable bonds is 4. The van der Waals surface area contributed by atoms with E-state index in [9.17, 15) is 9.59 Å². The molecule has 3 aliphatic heterocycles. The van der Waals surface area contributed by atoms with Crippen LogP contribution in [0.3, 0.4) is 0 Å². The first kappa shape index (κ1) is 16.5. The van der Waals surface area contributed by atoms with Gasteiger partial charge in [0.15, 0.2) is 0 Å². The Balaban J connectivity index is 1.56. The smallest absolute Gasteiger partial charge is 0.228 e. The third-order valence-corrected chi connectivity index (χ3v) is 5.54. The molecule has 3 rings (SSSR count). The standard InChI is InChI=1S/C18H29N3O2/c1-3-19-8-5-7-16(19)13-21-12-15(10-17(21)22)18(23)20-9-4-6-14(2)11-20/h6,15-16H,3-5,7-13H2,1-2H3/t15-,16+/m1/s1. The van der Waals surface area contributed by atoms with Gasteiger partial charge in [-0.1, -0.05) is 18.6 Å². The third-order valence-electron chi connectivity index (χ3n) is 5.54. The first-order valence-corrected chi connectivity index (χ1v) is 9.04. The summed E-state index contributed by atoms with van der Waals surface area (Å²) >= 11 is 0. The highest BCUT2D eigenvalue weighted by Crippen LogP contribution is 2.25. The van der Waals surface area contributed by atoms with Crippen LogP contribution >= 0.6 is 0 Å². The van der Waals surface area contributed by atoms with Crippen molar-refractivity contribution < 1.29 is 9.59 Å². The third kappa shape index (κ3) is 3.60.